The van der Waals surface area contributed by atoms with Crippen molar-refractivity contribution in [2.75, 3.05) is 12.4 Å². The molecule has 0 fully saturated rings. The second kappa shape index (κ2) is 11.2. The van der Waals surface area contributed by atoms with Gasteiger partial charge in [-0.1, -0.05) is 6.07 Å². The molecule has 0 unspecified atom stereocenters. The number of hydrogen-bond acceptors (Lipinski definition) is 8. The topological polar surface area (TPSA) is 129 Å². The van der Waals surface area contributed by atoms with Gasteiger partial charge in [-0.3, -0.25) is 10.4 Å². The van der Waals surface area contributed by atoms with E-state index >= 15 is 0 Å². The number of hydrogen-bond donors (Lipinski definition) is 3. The standard InChI is InChI=1S/C27H27N7O2/c1-17-14-24(27(32-18(17)2)22-6-4-5-12-30-22)36-21-11-13-31-26(16-21)33-20-8-9-23(35-3)19(15-20)7-10-25(28)34-29/h4-6,8-9,11-16,28-29H,7,10H2,1-3H3,(H,31,33). The summed E-state index contributed by atoms with van der Waals surface area (Å²) in [5.74, 6) is 2.56. The number of aryl methyl sites for hydroxylation is 3. The number of nitrogens with one attached hydrogen (secondary N) is 3. The summed E-state index contributed by atoms with van der Waals surface area (Å²) >= 11 is 0. The van der Waals surface area contributed by atoms with Gasteiger partial charge < -0.3 is 14.8 Å². The molecule has 1 aromatic carbocycles. The van der Waals surface area contributed by atoms with E-state index in [9.17, 15) is 0 Å². The third kappa shape index (κ3) is 5.87. The van der Waals surface area contributed by atoms with E-state index in [-0.39, 0.29) is 5.84 Å². The molecule has 9 heteroatoms. The summed E-state index contributed by atoms with van der Waals surface area (Å²) in [6, 6.07) is 17.0. The minimum Gasteiger partial charge on any atom is -0.496 e. The Morgan fingerprint density at radius 1 is 1.00 bits per heavy atom. The fourth-order valence-electron chi connectivity index (χ4n) is 3.62. The van der Waals surface area contributed by atoms with Gasteiger partial charge in [0.25, 0.3) is 0 Å². The molecular weight excluding hydrogens is 454 g/mol. The molecule has 0 aliphatic carbocycles. The lowest BCUT2D eigenvalue weighted by atomic mass is 10.1. The highest BCUT2D eigenvalue weighted by Crippen LogP contribution is 2.33. The number of pyridine rings is 3. The van der Waals surface area contributed by atoms with Crippen LogP contribution in [0.5, 0.6) is 17.2 Å². The second-order valence-corrected chi connectivity index (χ2v) is 8.14. The Morgan fingerprint density at radius 3 is 2.61 bits per heavy atom. The maximum atomic E-state index is 7.62. The highest BCUT2D eigenvalue weighted by Gasteiger charge is 2.14. The van der Waals surface area contributed by atoms with Gasteiger partial charge in [0.1, 0.15) is 28.8 Å². The van der Waals surface area contributed by atoms with E-state index in [2.05, 4.69) is 20.4 Å². The fraction of sp³-hybridized carbons (Fsp3) is 0.185. The molecule has 0 aliphatic heterocycles. The lowest BCUT2D eigenvalue weighted by Gasteiger charge is -2.14. The quantitative estimate of drug-likeness (QED) is 0.140. The molecule has 0 bridgehead atoms. The van der Waals surface area contributed by atoms with Crippen molar-refractivity contribution in [2.24, 2.45) is 5.11 Å². The summed E-state index contributed by atoms with van der Waals surface area (Å²) in [6.07, 6.45) is 4.30. The molecule has 3 aromatic heterocycles. The number of aromatic nitrogens is 3. The van der Waals surface area contributed by atoms with Crippen molar-refractivity contribution in [2.45, 2.75) is 26.7 Å². The van der Waals surface area contributed by atoms with Crippen LogP contribution >= 0.6 is 0 Å². The number of anilines is 2. The van der Waals surface area contributed by atoms with E-state index in [0.717, 1.165) is 28.2 Å². The van der Waals surface area contributed by atoms with Crippen LogP contribution in [0.2, 0.25) is 0 Å². The highest BCUT2D eigenvalue weighted by molar-refractivity contribution is 5.79. The Balaban J connectivity index is 1.58. The average molecular weight is 482 g/mol. The van der Waals surface area contributed by atoms with Crippen LogP contribution in [0.15, 0.2) is 72.1 Å². The third-order valence-corrected chi connectivity index (χ3v) is 5.62. The molecule has 3 heterocycles. The van der Waals surface area contributed by atoms with E-state index < -0.39 is 0 Å². The maximum Gasteiger partial charge on any atom is 0.155 e. The normalized spacial score (nSPS) is 10.5. The third-order valence-electron chi connectivity index (χ3n) is 5.62. The first-order valence-electron chi connectivity index (χ1n) is 11.4. The molecule has 9 nitrogen and oxygen atoms in total. The molecule has 0 saturated carbocycles. The van der Waals surface area contributed by atoms with Crippen molar-refractivity contribution < 1.29 is 9.47 Å². The first-order valence-corrected chi connectivity index (χ1v) is 11.4. The summed E-state index contributed by atoms with van der Waals surface area (Å²) in [5.41, 5.74) is 12.0. The maximum absolute atomic E-state index is 7.62. The monoisotopic (exact) mass is 481 g/mol. The van der Waals surface area contributed by atoms with Crippen LogP contribution in [0.3, 0.4) is 0 Å². The summed E-state index contributed by atoms with van der Waals surface area (Å²) in [7, 11) is 1.61. The van der Waals surface area contributed by atoms with Gasteiger partial charge in [0, 0.05) is 36.3 Å². The number of methoxy groups -OCH3 is 1. The zero-order valence-corrected chi connectivity index (χ0v) is 20.4. The molecule has 182 valence electrons. The van der Waals surface area contributed by atoms with Crippen LogP contribution in [0.4, 0.5) is 11.5 Å². The summed E-state index contributed by atoms with van der Waals surface area (Å²) < 4.78 is 11.7. The predicted octanol–water partition coefficient (Wildman–Crippen LogP) is 6.64. The number of rotatable bonds is 9. The van der Waals surface area contributed by atoms with Crippen molar-refractivity contribution in [3.8, 4) is 28.6 Å². The van der Waals surface area contributed by atoms with Crippen molar-refractivity contribution in [1.82, 2.24) is 15.0 Å². The Morgan fingerprint density at radius 2 is 1.86 bits per heavy atom. The fourth-order valence-corrected chi connectivity index (χ4v) is 3.62. The van der Waals surface area contributed by atoms with E-state index in [4.69, 9.17) is 25.4 Å². The van der Waals surface area contributed by atoms with E-state index in [1.165, 1.54) is 0 Å². The predicted molar refractivity (Wildman–Crippen MR) is 139 cm³/mol. The van der Waals surface area contributed by atoms with Gasteiger partial charge in [0.15, 0.2) is 5.75 Å². The van der Waals surface area contributed by atoms with Gasteiger partial charge in [-0.15, -0.1) is 5.11 Å². The molecule has 0 atom stereocenters. The van der Waals surface area contributed by atoms with Gasteiger partial charge >= 0.3 is 0 Å². The van der Waals surface area contributed by atoms with Gasteiger partial charge in [-0.05, 0) is 73.9 Å². The first-order chi connectivity index (χ1) is 17.5. The van der Waals surface area contributed by atoms with Crippen LogP contribution in [-0.4, -0.2) is 27.9 Å². The molecule has 4 rings (SSSR count). The lowest BCUT2D eigenvalue weighted by Crippen LogP contribution is -2.00. The first kappa shape index (κ1) is 24.5. The van der Waals surface area contributed by atoms with Crippen LogP contribution < -0.4 is 14.8 Å². The van der Waals surface area contributed by atoms with Gasteiger partial charge in [0.05, 0.1) is 12.8 Å². The minimum atomic E-state index is 0.0211. The largest absolute Gasteiger partial charge is 0.496 e. The average Bonchev–Trinajstić information content (AvgIpc) is 2.90. The minimum absolute atomic E-state index is 0.0211. The summed E-state index contributed by atoms with van der Waals surface area (Å²) in [4.78, 5) is 13.6. The van der Waals surface area contributed by atoms with Crippen molar-refractivity contribution in [1.29, 1.82) is 10.9 Å². The lowest BCUT2D eigenvalue weighted by molar-refractivity contribution is 0.410. The highest BCUT2D eigenvalue weighted by atomic mass is 16.5. The zero-order valence-electron chi connectivity index (χ0n) is 20.4. The van der Waals surface area contributed by atoms with Crippen LogP contribution in [0, 0.1) is 24.8 Å². The molecule has 0 spiro atoms. The number of amidine groups is 1. The van der Waals surface area contributed by atoms with Gasteiger partial charge in [-0.2, -0.15) is 0 Å². The number of nitrogens with zero attached hydrogens (tertiary/aromatic N) is 4. The van der Waals surface area contributed by atoms with Crippen LogP contribution in [0.25, 0.3) is 11.4 Å². The molecule has 4 aromatic rings. The van der Waals surface area contributed by atoms with E-state index in [1.54, 1.807) is 25.6 Å². The van der Waals surface area contributed by atoms with E-state index in [0.29, 0.717) is 41.6 Å². The molecular formula is C27H27N7O2. The smallest absolute Gasteiger partial charge is 0.155 e. The zero-order chi connectivity index (χ0) is 25.5. The SMILES string of the molecule is COc1ccc(Nc2cc(Oc3cc(C)c(C)nc3-c3ccccn3)ccn2)cc1CCC(=N)N=N. The van der Waals surface area contributed by atoms with Crippen molar-refractivity contribution in [3.63, 3.8) is 0 Å². The van der Waals surface area contributed by atoms with Gasteiger partial charge in [0.2, 0.25) is 0 Å². The molecule has 36 heavy (non-hydrogen) atoms. The molecule has 0 radical (unpaired) electrons. The van der Waals surface area contributed by atoms with Gasteiger partial charge in [-0.25, -0.2) is 15.5 Å². The van der Waals surface area contributed by atoms with E-state index in [1.807, 2.05) is 62.4 Å². The second-order valence-electron chi connectivity index (χ2n) is 8.14. The van der Waals surface area contributed by atoms with Crippen molar-refractivity contribution >= 4 is 17.3 Å². The van der Waals surface area contributed by atoms with Crippen LogP contribution in [0.1, 0.15) is 23.2 Å². The molecule has 3 N–H and O–H groups in total. The summed E-state index contributed by atoms with van der Waals surface area (Å²) in [5, 5.41) is 14.1. The number of ether oxygens (including phenoxy) is 2. The Kier molecular flexibility index (Phi) is 7.60. The summed E-state index contributed by atoms with van der Waals surface area (Å²) in [6.45, 7) is 3.96. The molecule has 0 saturated heterocycles. The Hall–Kier alpha value is -4.66. The molecule has 0 amide bonds. The number of benzene rings is 1. The Bertz CT molecular complexity index is 1390. The van der Waals surface area contributed by atoms with Crippen LogP contribution in [-0.2, 0) is 6.42 Å². The molecule has 0 aliphatic rings. The Labute approximate surface area is 209 Å². The van der Waals surface area contributed by atoms with Crippen molar-refractivity contribution in [3.05, 3.63) is 83.8 Å².